The lowest BCUT2D eigenvalue weighted by molar-refractivity contribution is -0.136. The van der Waals surface area contributed by atoms with Gasteiger partial charge in [0.25, 0.3) is 0 Å². The Balaban J connectivity index is 1.96. The molecule has 0 bridgehead atoms. The van der Waals surface area contributed by atoms with E-state index in [0.717, 1.165) is 11.1 Å². The van der Waals surface area contributed by atoms with Gasteiger partial charge in [-0.05, 0) is 36.1 Å². The van der Waals surface area contributed by atoms with Crippen molar-refractivity contribution in [1.29, 1.82) is 0 Å². The average Bonchev–Trinajstić information content (AvgIpc) is 2.62. The molecule has 0 saturated carbocycles. The average molecular weight is 326 g/mol. The van der Waals surface area contributed by atoms with Crippen LogP contribution >= 0.6 is 0 Å². The third-order valence-electron chi connectivity index (χ3n) is 3.96. The van der Waals surface area contributed by atoms with Crippen molar-refractivity contribution >= 4 is 17.5 Å². The highest BCUT2D eigenvalue weighted by Gasteiger charge is 2.19. The van der Waals surface area contributed by atoms with Gasteiger partial charge in [-0.2, -0.15) is 0 Å². The number of benzene rings is 2. The van der Waals surface area contributed by atoms with Gasteiger partial charge in [0.15, 0.2) is 0 Å². The van der Waals surface area contributed by atoms with Crippen molar-refractivity contribution in [3.05, 3.63) is 54.6 Å². The number of amides is 2. The maximum absolute atomic E-state index is 11.9. The summed E-state index contributed by atoms with van der Waals surface area (Å²) in [6, 6.07) is 16.9. The monoisotopic (exact) mass is 326 g/mol. The maximum Gasteiger partial charge on any atom is 0.313 e. The van der Waals surface area contributed by atoms with Crippen molar-refractivity contribution in [3.63, 3.8) is 0 Å². The van der Waals surface area contributed by atoms with Gasteiger partial charge in [0.2, 0.25) is 0 Å². The first kappa shape index (κ1) is 17.7. The molecule has 5 nitrogen and oxygen atoms in total. The van der Waals surface area contributed by atoms with Crippen molar-refractivity contribution in [1.82, 2.24) is 5.32 Å². The maximum atomic E-state index is 11.9. The summed E-state index contributed by atoms with van der Waals surface area (Å²) in [5, 5.41) is 14.2. The van der Waals surface area contributed by atoms with Gasteiger partial charge in [0.05, 0.1) is 0 Å². The van der Waals surface area contributed by atoms with Crippen LogP contribution in [0.1, 0.15) is 13.8 Å². The summed E-state index contributed by atoms with van der Waals surface area (Å²) in [5.74, 6) is -1.55. The quantitative estimate of drug-likeness (QED) is 0.738. The van der Waals surface area contributed by atoms with E-state index in [1.165, 1.54) is 0 Å². The zero-order valence-electron chi connectivity index (χ0n) is 13.8. The third kappa shape index (κ3) is 4.67. The summed E-state index contributed by atoms with van der Waals surface area (Å²) in [5.41, 5.74) is 2.67. The predicted molar refractivity (Wildman–Crippen MR) is 94.4 cm³/mol. The van der Waals surface area contributed by atoms with Crippen LogP contribution in [0.3, 0.4) is 0 Å². The Kier molecular flexibility index (Phi) is 6.09. The summed E-state index contributed by atoms with van der Waals surface area (Å²) in [4.78, 5) is 23.8. The molecule has 0 aliphatic rings. The van der Waals surface area contributed by atoms with E-state index in [1.54, 1.807) is 26.0 Å². The Morgan fingerprint density at radius 2 is 1.50 bits per heavy atom. The Morgan fingerprint density at radius 1 is 0.917 bits per heavy atom. The molecule has 0 spiro atoms. The Labute approximate surface area is 141 Å². The lowest BCUT2D eigenvalue weighted by Crippen LogP contribution is -2.43. The van der Waals surface area contributed by atoms with Crippen LogP contribution in [-0.4, -0.2) is 29.6 Å². The van der Waals surface area contributed by atoms with Crippen molar-refractivity contribution in [2.75, 3.05) is 11.9 Å². The molecule has 0 fully saturated rings. The van der Waals surface area contributed by atoms with Crippen LogP contribution < -0.4 is 10.6 Å². The number of aliphatic hydroxyl groups is 1. The first-order valence-corrected chi connectivity index (χ1v) is 7.89. The van der Waals surface area contributed by atoms with Crippen LogP contribution in [-0.2, 0) is 9.59 Å². The number of anilines is 1. The molecule has 2 aromatic rings. The second kappa shape index (κ2) is 8.26. The van der Waals surface area contributed by atoms with Crippen LogP contribution in [0.15, 0.2) is 54.6 Å². The number of hydrogen-bond acceptors (Lipinski definition) is 3. The molecule has 0 aromatic heterocycles. The van der Waals surface area contributed by atoms with E-state index < -0.39 is 11.8 Å². The van der Waals surface area contributed by atoms with E-state index in [1.807, 2.05) is 42.5 Å². The van der Waals surface area contributed by atoms with E-state index in [9.17, 15) is 9.59 Å². The van der Waals surface area contributed by atoms with Crippen molar-refractivity contribution in [2.24, 2.45) is 5.92 Å². The minimum absolute atomic E-state index is 0.0516. The van der Waals surface area contributed by atoms with Crippen molar-refractivity contribution in [2.45, 2.75) is 19.9 Å². The van der Waals surface area contributed by atoms with Gasteiger partial charge in [0.1, 0.15) is 0 Å². The molecular formula is C19H22N2O3. The number of hydrogen-bond donors (Lipinski definition) is 3. The van der Waals surface area contributed by atoms with Crippen LogP contribution in [0.4, 0.5) is 5.69 Å². The van der Waals surface area contributed by atoms with Crippen LogP contribution in [0.5, 0.6) is 0 Å². The van der Waals surface area contributed by atoms with Gasteiger partial charge >= 0.3 is 11.8 Å². The lowest BCUT2D eigenvalue weighted by atomic mass is 10.1. The molecule has 0 saturated heterocycles. The molecule has 2 unspecified atom stereocenters. The highest BCUT2D eigenvalue weighted by Crippen LogP contribution is 2.20. The van der Waals surface area contributed by atoms with Crippen LogP contribution in [0, 0.1) is 5.92 Å². The Morgan fingerprint density at radius 3 is 2.08 bits per heavy atom. The minimum atomic E-state index is -0.723. The number of carbonyl (C=O) groups is 2. The summed E-state index contributed by atoms with van der Waals surface area (Å²) in [7, 11) is 0. The summed E-state index contributed by atoms with van der Waals surface area (Å²) in [6.07, 6.45) is 0. The van der Waals surface area contributed by atoms with Crippen molar-refractivity contribution < 1.29 is 14.7 Å². The van der Waals surface area contributed by atoms with Gasteiger partial charge in [-0.15, -0.1) is 0 Å². The van der Waals surface area contributed by atoms with E-state index in [2.05, 4.69) is 10.6 Å². The van der Waals surface area contributed by atoms with Gasteiger partial charge in [-0.3, -0.25) is 9.59 Å². The minimum Gasteiger partial charge on any atom is -0.396 e. The third-order valence-corrected chi connectivity index (χ3v) is 3.96. The second-order valence-corrected chi connectivity index (χ2v) is 5.82. The number of rotatable bonds is 5. The molecule has 3 N–H and O–H groups in total. The number of nitrogens with one attached hydrogen (secondary N) is 2. The first-order chi connectivity index (χ1) is 11.5. The highest BCUT2D eigenvalue weighted by molar-refractivity contribution is 6.39. The molecule has 0 aliphatic carbocycles. The van der Waals surface area contributed by atoms with Gasteiger partial charge in [-0.1, -0.05) is 49.4 Å². The Bertz CT molecular complexity index is 684. The van der Waals surface area contributed by atoms with E-state index in [-0.39, 0.29) is 18.6 Å². The predicted octanol–water partition coefficient (Wildman–Crippen LogP) is 2.43. The van der Waals surface area contributed by atoms with E-state index in [0.29, 0.717) is 5.69 Å². The fourth-order valence-corrected chi connectivity index (χ4v) is 2.14. The molecule has 24 heavy (non-hydrogen) atoms. The molecule has 2 amide bonds. The van der Waals surface area contributed by atoms with E-state index in [4.69, 9.17) is 5.11 Å². The van der Waals surface area contributed by atoms with Gasteiger partial charge < -0.3 is 15.7 Å². The SMILES string of the molecule is CC(CO)C(C)NC(=O)C(=O)Nc1ccc(-c2ccccc2)cc1. The van der Waals surface area contributed by atoms with Crippen LogP contribution in [0.25, 0.3) is 11.1 Å². The number of carbonyl (C=O) groups excluding carboxylic acids is 2. The van der Waals surface area contributed by atoms with Gasteiger partial charge in [-0.25, -0.2) is 0 Å². The molecule has 0 radical (unpaired) electrons. The molecular weight excluding hydrogens is 304 g/mol. The molecule has 126 valence electrons. The van der Waals surface area contributed by atoms with Crippen LogP contribution in [0.2, 0.25) is 0 Å². The normalized spacial score (nSPS) is 13.0. The fraction of sp³-hybridized carbons (Fsp3) is 0.263. The number of aliphatic hydroxyl groups excluding tert-OH is 1. The largest absolute Gasteiger partial charge is 0.396 e. The summed E-state index contributed by atoms with van der Waals surface area (Å²) in [6.45, 7) is 3.50. The molecule has 2 atom stereocenters. The molecule has 0 aliphatic heterocycles. The molecule has 0 heterocycles. The summed E-state index contributed by atoms with van der Waals surface area (Å²) >= 11 is 0. The fourth-order valence-electron chi connectivity index (χ4n) is 2.14. The highest BCUT2D eigenvalue weighted by atomic mass is 16.3. The summed E-state index contributed by atoms with van der Waals surface area (Å²) < 4.78 is 0. The molecule has 2 rings (SSSR count). The molecule has 5 heteroatoms. The van der Waals surface area contributed by atoms with Crippen molar-refractivity contribution in [3.8, 4) is 11.1 Å². The van der Waals surface area contributed by atoms with E-state index >= 15 is 0 Å². The lowest BCUT2D eigenvalue weighted by Gasteiger charge is -2.18. The topological polar surface area (TPSA) is 78.4 Å². The zero-order chi connectivity index (χ0) is 17.5. The first-order valence-electron chi connectivity index (χ1n) is 7.89. The van der Waals surface area contributed by atoms with Gasteiger partial charge in [0, 0.05) is 18.3 Å². The Hall–Kier alpha value is -2.66. The standard InChI is InChI=1S/C19H22N2O3/c1-13(12-22)14(2)20-18(23)19(24)21-17-10-8-16(9-11-17)15-6-4-3-5-7-15/h3-11,13-14,22H,12H2,1-2H3,(H,20,23)(H,21,24). The molecule has 2 aromatic carbocycles. The zero-order valence-corrected chi connectivity index (χ0v) is 13.8. The second-order valence-electron chi connectivity index (χ2n) is 5.82. The smallest absolute Gasteiger partial charge is 0.313 e.